The lowest BCUT2D eigenvalue weighted by atomic mass is 10.2. The quantitative estimate of drug-likeness (QED) is 0.854. The van der Waals surface area contributed by atoms with Gasteiger partial charge in [-0.1, -0.05) is 17.4 Å². The van der Waals surface area contributed by atoms with E-state index in [1.807, 2.05) is 0 Å². The largest absolute Gasteiger partial charge is 0.374 e. The van der Waals surface area contributed by atoms with Crippen molar-refractivity contribution in [2.24, 2.45) is 0 Å². The molecule has 7 heteroatoms. The maximum Gasteiger partial charge on any atom is 0.286 e. The number of benzene rings is 1. The molecule has 1 aromatic heterocycles. The number of aromatic nitrogens is 2. The van der Waals surface area contributed by atoms with E-state index in [4.69, 9.17) is 5.73 Å². The Balaban J connectivity index is 2.21. The Labute approximate surface area is 100 Å². The molecule has 1 amide bonds. The molecule has 2 rings (SSSR count). The average Bonchev–Trinajstić information content (AvgIpc) is 2.72. The van der Waals surface area contributed by atoms with E-state index in [9.17, 15) is 9.18 Å². The highest BCUT2D eigenvalue weighted by Gasteiger charge is 2.13. The van der Waals surface area contributed by atoms with Gasteiger partial charge < -0.3 is 11.1 Å². The van der Waals surface area contributed by atoms with E-state index in [0.717, 1.165) is 11.3 Å². The van der Waals surface area contributed by atoms with Crippen molar-refractivity contribution in [3.05, 3.63) is 34.6 Å². The lowest BCUT2D eigenvalue weighted by Gasteiger charge is -2.06. The third-order valence-corrected chi connectivity index (χ3v) is 2.90. The zero-order valence-electron chi connectivity index (χ0n) is 8.90. The van der Waals surface area contributed by atoms with E-state index in [0.29, 0.717) is 11.3 Å². The van der Waals surface area contributed by atoms with Crippen molar-refractivity contribution >= 4 is 28.1 Å². The van der Waals surface area contributed by atoms with Gasteiger partial charge in [0.2, 0.25) is 10.1 Å². The summed E-state index contributed by atoms with van der Waals surface area (Å²) in [4.78, 5) is 11.7. The first-order valence-corrected chi connectivity index (χ1v) is 5.55. The number of hydrogen-bond donors (Lipinski definition) is 2. The highest BCUT2D eigenvalue weighted by Crippen LogP contribution is 2.19. The lowest BCUT2D eigenvalue weighted by Crippen LogP contribution is -2.12. The third-order valence-electron chi connectivity index (χ3n) is 2.15. The molecule has 3 N–H and O–H groups in total. The fourth-order valence-corrected chi connectivity index (χ4v) is 1.75. The maximum absolute atomic E-state index is 13.2. The van der Waals surface area contributed by atoms with Crippen molar-refractivity contribution in [1.82, 2.24) is 10.2 Å². The first-order valence-electron chi connectivity index (χ1n) is 4.73. The van der Waals surface area contributed by atoms with Crippen LogP contribution in [0.3, 0.4) is 0 Å². The minimum Gasteiger partial charge on any atom is -0.374 e. The van der Waals surface area contributed by atoms with Gasteiger partial charge in [-0.05, 0) is 19.1 Å². The summed E-state index contributed by atoms with van der Waals surface area (Å²) in [6.45, 7) is 1.58. The molecule has 0 radical (unpaired) electrons. The Morgan fingerprint density at radius 1 is 1.47 bits per heavy atom. The van der Waals surface area contributed by atoms with Gasteiger partial charge in [0.25, 0.3) is 5.91 Å². The molecule has 0 aliphatic carbocycles. The highest BCUT2D eigenvalue weighted by molar-refractivity contribution is 7.16. The number of rotatable bonds is 2. The Morgan fingerprint density at radius 2 is 2.24 bits per heavy atom. The van der Waals surface area contributed by atoms with Gasteiger partial charge in [0.15, 0.2) is 0 Å². The van der Waals surface area contributed by atoms with Gasteiger partial charge in [-0.25, -0.2) is 4.39 Å². The van der Waals surface area contributed by atoms with Crippen molar-refractivity contribution in [2.75, 3.05) is 11.1 Å². The first-order chi connectivity index (χ1) is 8.08. The molecule has 88 valence electrons. The van der Waals surface area contributed by atoms with Crippen molar-refractivity contribution in [2.45, 2.75) is 6.92 Å². The van der Waals surface area contributed by atoms with Gasteiger partial charge in [0.05, 0.1) is 0 Å². The highest BCUT2D eigenvalue weighted by atomic mass is 32.1. The molecule has 0 aliphatic rings. The molecule has 5 nitrogen and oxygen atoms in total. The molecular weight excluding hydrogens is 243 g/mol. The van der Waals surface area contributed by atoms with Gasteiger partial charge in [0, 0.05) is 11.3 Å². The topological polar surface area (TPSA) is 80.9 Å². The summed E-state index contributed by atoms with van der Waals surface area (Å²) in [6.07, 6.45) is 0. The SMILES string of the molecule is Cc1c(F)cccc1NC(=O)c1nnc(N)s1. The molecule has 0 spiro atoms. The van der Waals surface area contributed by atoms with Crippen LogP contribution in [0.4, 0.5) is 15.2 Å². The smallest absolute Gasteiger partial charge is 0.286 e. The summed E-state index contributed by atoms with van der Waals surface area (Å²) in [5, 5.41) is 10.0. The van der Waals surface area contributed by atoms with E-state index >= 15 is 0 Å². The fraction of sp³-hybridized carbons (Fsp3) is 0.100. The summed E-state index contributed by atoms with van der Waals surface area (Å²) in [5.74, 6) is -0.826. The minimum absolute atomic E-state index is 0.145. The predicted molar refractivity (Wildman–Crippen MR) is 63.4 cm³/mol. The number of carbonyl (C=O) groups excluding carboxylic acids is 1. The monoisotopic (exact) mass is 252 g/mol. The second-order valence-corrected chi connectivity index (χ2v) is 4.32. The van der Waals surface area contributed by atoms with Crippen LogP contribution >= 0.6 is 11.3 Å². The third kappa shape index (κ3) is 2.39. The van der Waals surface area contributed by atoms with Crippen LogP contribution in [0.1, 0.15) is 15.4 Å². The number of nitrogen functional groups attached to an aromatic ring is 1. The Morgan fingerprint density at radius 3 is 2.88 bits per heavy atom. The van der Waals surface area contributed by atoms with Gasteiger partial charge >= 0.3 is 0 Å². The summed E-state index contributed by atoms with van der Waals surface area (Å²) in [6, 6.07) is 4.46. The fourth-order valence-electron chi connectivity index (χ4n) is 1.24. The number of amides is 1. The van der Waals surface area contributed by atoms with E-state index in [2.05, 4.69) is 15.5 Å². The normalized spacial score (nSPS) is 10.2. The number of nitrogens with zero attached hydrogens (tertiary/aromatic N) is 2. The lowest BCUT2D eigenvalue weighted by molar-refractivity contribution is 0.102. The van der Waals surface area contributed by atoms with Crippen LogP contribution in [0.5, 0.6) is 0 Å². The zero-order valence-corrected chi connectivity index (χ0v) is 9.71. The molecule has 1 aromatic carbocycles. The van der Waals surface area contributed by atoms with Crippen LogP contribution in [0, 0.1) is 12.7 Å². The molecule has 0 bridgehead atoms. The van der Waals surface area contributed by atoms with Crippen LogP contribution < -0.4 is 11.1 Å². The van der Waals surface area contributed by atoms with E-state index in [1.165, 1.54) is 12.1 Å². The van der Waals surface area contributed by atoms with Gasteiger partial charge in [0.1, 0.15) is 5.82 Å². The second-order valence-electron chi connectivity index (χ2n) is 3.31. The van der Waals surface area contributed by atoms with Crippen molar-refractivity contribution in [3.8, 4) is 0 Å². The molecule has 0 saturated heterocycles. The van der Waals surface area contributed by atoms with Crippen molar-refractivity contribution in [3.63, 3.8) is 0 Å². The minimum atomic E-state index is -0.451. The zero-order chi connectivity index (χ0) is 12.4. The average molecular weight is 252 g/mol. The summed E-state index contributed by atoms with van der Waals surface area (Å²) in [7, 11) is 0. The Bertz CT molecular complexity index is 569. The molecule has 17 heavy (non-hydrogen) atoms. The number of anilines is 2. The van der Waals surface area contributed by atoms with Crippen LogP contribution in [0.2, 0.25) is 0 Å². The van der Waals surface area contributed by atoms with Gasteiger partial charge in [-0.3, -0.25) is 4.79 Å². The number of nitrogens with one attached hydrogen (secondary N) is 1. The van der Waals surface area contributed by atoms with Gasteiger partial charge in [-0.15, -0.1) is 10.2 Å². The number of nitrogens with two attached hydrogens (primary N) is 1. The second kappa shape index (κ2) is 4.46. The van der Waals surface area contributed by atoms with E-state index in [-0.39, 0.29) is 16.0 Å². The van der Waals surface area contributed by atoms with Crippen LogP contribution in [-0.2, 0) is 0 Å². The molecule has 1 heterocycles. The van der Waals surface area contributed by atoms with Crippen molar-refractivity contribution < 1.29 is 9.18 Å². The molecule has 0 atom stereocenters. The van der Waals surface area contributed by atoms with Crippen LogP contribution in [-0.4, -0.2) is 16.1 Å². The molecule has 0 unspecified atom stereocenters. The van der Waals surface area contributed by atoms with Crippen LogP contribution in [0.15, 0.2) is 18.2 Å². The molecule has 0 saturated carbocycles. The van der Waals surface area contributed by atoms with Gasteiger partial charge in [-0.2, -0.15) is 0 Å². The van der Waals surface area contributed by atoms with Crippen molar-refractivity contribution in [1.29, 1.82) is 0 Å². The molecule has 0 fully saturated rings. The molecule has 0 aliphatic heterocycles. The number of hydrogen-bond acceptors (Lipinski definition) is 5. The Kier molecular flexibility index (Phi) is 3.01. The summed E-state index contributed by atoms with van der Waals surface area (Å²) < 4.78 is 13.2. The Hall–Kier alpha value is -2.02. The van der Waals surface area contributed by atoms with E-state index < -0.39 is 5.91 Å². The molecule has 2 aromatic rings. The molecular formula is C10H9FN4OS. The van der Waals surface area contributed by atoms with E-state index in [1.54, 1.807) is 13.0 Å². The first kappa shape index (κ1) is 11.5. The predicted octanol–water partition coefficient (Wildman–Crippen LogP) is 1.82. The summed E-state index contributed by atoms with van der Waals surface area (Å²) in [5.41, 5.74) is 6.15. The number of carbonyl (C=O) groups is 1. The maximum atomic E-state index is 13.2. The van der Waals surface area contributed by atoms with Crippen LogP contribution in [0.25, 0.3) is 0 Å². The number of halogens is 1. The summed E-state index contributed by atoms with van der Waals surface area (Å²) >= 11 is 0.975. The standard InChI is InChI=1S/C10H9FN4OS/c1-5-6(11)3-2-4-7(5)13-8(16)9-14-15-10(12)17-9/h2-4H,1H3,(H2,12,15)(H,13,16).